The summed E-state index contributed by atoms with van der Waals surface area (Å²) in [6.07, 6.45) is 2.10. The zero-order valence-electron chi connectivity index (χ0n) is 12.0. The van der Waals surface area contributed by atoms with Gasteiger partial charge in [-0.15, -0.1) is 12.6 Å². The topological polar surface area (TPSA) is 23.6 Å². The molecule has 1 aromatic carbocycles. The number of piperidine rings is 1. The largest absolute Gasteiger partial charge is 0.339 e. The summed E-state index contributed by atoms with van der Waals surface area (Å²) in [6.45, 7) is 5.43. The fourth-order valence-corrected chi connectivity index (χ4v) is 3.28. The fraction of sp³-hybridized carbons (Fsp3) is 0.533. The number of benzene rings is 1. The molecule has 0 aliphatic carbocycles. The van der Waals surface area contributed by atoms with Gasteiger partial charge in [0.25, 0.3) is 5.91 Å². The lowest BCUT2D eigenvalue weighted by atomic mass is 10.0. The molecule has 2 rings (SSSR count). The fourth-order valence-electron chi connectivity index (χ4n) is 2.66. The van der Waals surface area contributed by atoms with Crippen LogP contribution in [0.15, 0.2) is 27.6 Å². The third-order valence-electron chi connectivity index (χ3n) is 4.05. The first kappa shape index (κ1) is 15.9. The van der Waals surface area contributed by atoms with Crippen molar-refractivity contribution in [1.29, 1.82) is 0 Å². The molecule has 0 atom stereocenters. The van der Waals surface area contributed by atoms with Crippen molar-refractivity contribution < 1.29 is 4.79 Å². The van der Waals surface area contributed by atoms with Crippen molar-refractivity contribution in [3.8, 4) is 0 Å². The third kappa shape index (κ3) is 3.57. The first-order valence-electron chi connectivity index (χ1n) is 7.01. The zero-order valence-corrected chi connectivity index (χ0v) is 14.5. The molecule has 0 saturated carbocycles. The lowest BCUT2D eigenvalue weighted by Gasteiger charge is -2.36. The number of amides is 1. The molecule has 5 heteroatoms. The van der Waals surface area contributed by atoms with E-state index in [2.05, 4.69) is 40.4 Å². The van der Waals surface area contributed by atoms with Gasteiger partial charge in [-0.3, -0.25) is 4.79 Å². The second kappa shape index (κ2) is 6.96. The van der Waals surface area contributed by atoms with Crippen molar-refractivity contribution in [3.05, 3.63) is 28.2 Å². The first-order chi connectivity index (χ1) is 9.52. The molecule has 1 saturated heterocycles. The molecule has 0 spiro atoms. The maximum Gasteiger partial charge on any atom is 0.255 e. The van der Waals surface area contributed by atoms with Crippen LogP contribution in [-0.2, 0) is 0 Å². The molecule has 0 unspecified atom stereocenters. The minimum atomic E-state index is 0.0720. The molecule has 1 aromatic rings. The molecule has 1 aliphatic heterocycles. The van der Waals surface area contributed by atoms with Gasteiger partial charge < -0.3 is 9.80 Å². The van der Waals surface area contributed by atoms with Crippen LogP contribution in [0.25, 0.3) is 0 Å². The molecule has 110 valence electrons. The molecule has 1 fully saturated rings. The highest BCUT2D eigenvalue weighted by molar-refractivity contribution is 9.10. The number of carbonyl (C=O) groups excluding carboxylic acids is 1. The Balaban J connectivity index is 2.07. The van der Waals surface area contributed by atoms with Gasteiger partial charge in [0, 0.05) is 35.5 Å². The minimum absolute atomic E-state index is 0.0720. The van der Waals surface area contributed by atoms with Crippen molar-refractivity contribution in [2.75, 3.05) is 26.7 Å². The second-order valence-corrected chi connectivity index (χ2v) is 6.62. The monoisotopic (exact) mass is 356 g/mol. The molecule has 0 N–H and O–H groups in total. The van der Waals surface area contributed by atoms with E-state index in [1.807, 2.05) is 30.1 Å². The van der Waals surface area contributed by atoms with Gasteiger partial charge in [0.1, 0.15) is 0 Å². The van der Waals surface area contributed by atoms with Crippen LogP contribution in [0.4, 0.5) is 0 Å². The lowest BCUT2D eigenvalue weighted by molar-refractivity contribution is 0.0645. The Morgan fingerprint density at radius 2 is 2.10 bits per heavy atom. The Kier molecular flexibility index (Phi) is 5.52. The highest BCUT2D eigenvalue weighted by Crippen LogP contribution is 2.24. The van der Waals surface area contributed by atoms with Gasteiger partial charge in [0.2, 0.25) is 0 Å². The summed E-state index contributed by atoms with van der Waals surface area (Å²) in [7, 11) is 1.91. The van der Waals surface area contributed by atoms with Crippen LogP contribution in [-0.4, -0.2) is 48.4 Å². The molecule has 1 amide bonds. The van der Waals surface area contributed by atoms with Crippen LogP contribution in [0.2, 0.25) is 0 Å². The minimum Gasteiger partial charge on any atom is -0.339 e. The highest BCUT2D eigenvalue weighted by atomic mass is 79.9. The maximum absolute atomic E-state index is 12.6. The van der Waals surface area contributed by atoms with Gasteiger partial charge >= 0.3 is 0 Å². The quantitative estimate of drug-likeness (QED) is 0.840. The van der Waals surface area contributed by atoms with Crippen molar-refractivity contribution in [2.45, 2.75) is 30.7 Å². The number of halogens is 1. The smallest absolute Gasteiger partial charge is 0.255 e. The summed E-state index contributed by atoms with van der Waals surface area (Å²) < 4.78 is 0.832. The number of thiol groups is 1. The predicted molar refractivity (Wildman–Crippen MR) is 88.6 cm³/mol. The van der Waals surface area contributed by atoms with Crippen molar-refractivity contribution in [3.63, 3.8) is 0 Å². The van der Waals surface area contributed by atoms with Crippen LogP contribution < -0.4 is 0 Å². The average Bonchev–Trinajstić information content (AvgIpc) is 2.48. The molecule has 0 bridgehead atoms. The second-order valence-electron chi connectivity index (χ2n) is 5.25. The van der Waals surface area contributed by atoms with E-state index in [1.165, 1.54) is 0 Å². The summed E-state index contributed by atoms with van der Waals surface area (Å²) in [5.41, 5.74) is 0.693. The van der Waals surface area contributed by atoms with Gasteiger partial charge in [0.15, 0.2) is 0 Å². The van der Waals surface area contributed by atoms with Crippen molar-refractivity contribution in [2.24, 2.45) is 0 Å². The van der Waals surface area contributed by atoms with Crippen LogP contribution in [0.1, 0.15) is 30.1 Å². The van der Waals surface area contributed by atoms with Gasteiger partial charge in [0.05, 0.1) is 5.56 Å². The van der Waals surface area contributed by atoms with Crippen LogP contribution >= 0.6 is 28.6 Å². The molecule has 0 aromatic heterocycles. The SMILES string of the molecule is CCN1CCC(N(C)C(=O)c2cc(S)ccc2Br)CC1. The van der Waals surface area contributed by atoms with Gasteiger partial charge in [-0.1, -0.05) is 6.92 Å². The predicted octanol–water partition coefficient (Wildman–Crippen LogP) is 3.29. The maximum atomic E-state index is 12.6. The average molecular weight is 357 g/mol. The van der Waals surface area contributed by atoms with E-state index in [0.717, 1.165) is 41.8 Å². The molecule has 1 heterocycles. The third-order valence-corrected chi connectivity index (χ3v) is 5.02. The molecular weight excluding hydrogens is 336 g/mol. The van der Waals surface area contributed by atoms with Gasteiger partial charge in [-0.05, 0) is 53.5 Å². The summed E-state index contributed by atoms with van der Waals surface area (Å²) in [5, 5.41) is 0. The molecule has 1 aliphatic rings. The van der Waals surface area contributed by atoms with E-state index in [4.69, 9.17) is 0 Å². The molecule has 3 nitrogen and oxygen atoms in total. The van der Waals surface area contributed by atoms with E-state index < -0.39 is 0 Å². The van der Waals surface area contributed by atoms with Crippen LogP contribution in [0.5, 0.6) is 0 Å². The zero-order chi connectivity index (χ0) is 14.7. The number of hydrogen-bond acceptors (Lipinski definition) is 3. The van der Waals surface area contributed by atoms with Crippen LogP contribution in [0, 0.1) is 0 Å². The lowest BCUT2D eigenvalue weighted by Crippen LogP contribution is -2.45. The molecule has 0 radical (unpaired) electrons. The molecule has 20 heavy (non-hydrogen) atoms. The normalized spacial score (nSPS) is 17.2. The Hall–Kier alpha value is -0.520. The van der Waals surface area contributed by atoms with E-state index >= 15 is 0 Å². The molecular formula is C15H21BrN2OS. The van der Waals surface area contributed by atoms with E-state index in [-0.39, 0.29) is 5.91 Å². The van der Waals surface area contributed by atoms with Gasteiger partial charge in [-0.25, -0.2) is 0 Å². The number of carbonyl (C=O) groups is 1. The van der Waals surface area contributed by atoms with Crippen molar-refractivity contribution >= 4 is 34.5 Å². The number of hydrogen-bond donors (Lipinski definition) is 1. The number of likely N-dealkylation sites (tertiary alicyclic amines) is 1. The summed E-state index contributed by atoms with van der Waals surface area (Å²) in [5.74, 6) is 0.0720. The standard InChI is InChI=1S/C15H21BrN2OS/c1-3-18-8-6-11(7-9-18)17(2)15(19)13-10-12(20)4-5-14(13)16/h4-5,10-11,20H,3,6-9H2,1-2H3. The Morgan fingerprint density at radius 1 is 1.45 bits per heavy atom. The number of nitrogens with zero attached hydrogens (tertiary/aromatic N) is 2. The van der Waals surface area contributed by atoms with Gasteiger partial charge in [-0.2, -0.15) is 0 Å². The Bertz CT molecular complexity index is 487. The Labute approximate surface area is 134 Å². The summed E-state index contributed by atoms with van der Waals surface area (Å²) in [4.78, 5) is 17.7. The Morgan fingerprint density at radius 3 is 2.70 bits per heavy atom. The van der Waals surface area contributed by atoms with E-state index in [9.17, 15) is 4.79 Å². The van der Waals surface area contributed by atoms with E-state index in [0.29, 0.717) is 11.6 Å². The first-order valence-corrected chi connectivity index (χ1v) is 8.25. The van der Waals surface area contributed by atoms with E-state index in [1.54, 1.807) is 0 Å². The number of rotatable bonds is 3. The van der Waals surface area contributed by atoms with Crippen molar-refractivity contribution in [1.82, 2.24) is 9.80 Å². The highest BCUT2D eigenvalue weighted by Gasteiger charge is 2.26. The summed E-state index contributed by atoms with van der Waals surface area (Å²) in [6, 6.07) is 5.92. The summed E-state index contributed by atoms with van der Waals surface area (Å²) >= 11 is 7.77. The van der Waals surface area contributed by atoms with Crippen LogP contribution in [0.3, 0.4) is 0 Å².